The van der Waals surface area contributed by atoms with Crippen molar-refractivity contribution in [1.29, 1.82) is 0 Å². The average Bonchev–Trinajstić information content (AvgIpc) is 2.48. The molecule has 2 aliphatic rings. The first-order valence-corrected chi connectivity index (χ1v) is 7.94. The summed E-state index contributed by atoms with van der Waals surface area (Å²) >= 11 is 0. The van der Waals surface area contributed by atoms with Crippen LogP contribution in [-0.4, -0.2) is 84.2 Å². The SMILES string of the molecule is C#CCN1CCN(C(=O)CN2CCCC(C(C)O)C2)CC1. The number of carbonyl (C=O) groups excluding carboxylic acids is 1. The quantitative estimate of drug-likeness (QED) is 0.733. The van der Waals surface area contributed by atoms with Crippen LogP contribution < -0.4 is 0 Å². The van der Waals surface area contributed by atoms with Crippen LogP contribution in [0.4, 0.5) is 0 Å². The average molecular weight is 293 g/mol. The van der Waals surface area contributed by atoms with E-state index in [9.17, 15) is 9.90 Å². The van der Waals surface area contributed by atoms with Gasteiger partial charge in [0.05, 0.1) is 19.2 Å². The number of terminal acetylenes is 1. The number of piperidine rings is 1. The van der Waals surface area contributed by atoms with Crippen LogP contribution in [0.1, 0.15) is 19.8 Å². The van der Waals surface area contributed by atoms with Crippen LogP contribution >= 0.6 is 0 Å². The summed E-state index contributed by atoms with van der Waals surface area (Å²) < 4.78 is 0. The molecule has 118 valence electrons. The summed E-state index contributed by atoms with van der Waals surface area (Å²) in [5.74, 6) is 3.17. The van der Waals surface area contributed by atoms with E-state index in [1.54, 1.807) is 0 Å². The highest BCUT2D eigenvalue weighted by Gasteiger charge is 2.27. The molecular formula is C16H27N3O2. The van der Waals surface area contributed by atoms with Crippen molar-refractivity contribution in [1.82, 2.24) is 14.7 Å². The second-order valence-electron chi connectivity index (χ2n) is 6.24. The number of carbonyl (C=O) groups is 1. The Morgan fingerprint density at radius 2 is 2.00 bits per heavy atom. The number of nitrogens with zero attached hydrogens (tertiary/aromatic N) is 3. The van der Waals surface area contributed by atoms with Gasteiger partial charge in [0.2, 0.25) is 5.91 Å². The summed E-state index contributed by atoms with van der Waals surface area (Å²) in [5.41, 5.74) is 0. The molecular weight excluding hydrogens is 266 g/mol. The summed E-state index contributed by atoms with van der Waals surface area (Å²) in [6.45, 7) is 8.08. The molecule has 2 heterocycles. The molecule has 0 aromatic carbocycles. The molecule has 0 bridgehead atoms. The highest BCUT2D eigenvalue weighted by atomic mass is 16.3. The first kappa shape index (κ1) is 16.3. The highest BCUT2D eigenvalue weighted by molar-refractivity contribution is 5.78. The lowest BCUT2D eigenvalue weighted by Crippen LogP contribution is -2.52. The van der Waals surface area contributed by atoms with E-state index in [-0.39, 0.29) is 12.0 Å². The molecule has 5 nitrogen and oxygen atoms in total. The molecule has 0 aliphatic carbocycles. The number of rotatable bonds is 4. The van der Waals surface area contributed by atoms with Crippen LogP contribution in [0.5, 0.6) is 0 Å². The van der Waals surface area contributed by atoms with E-state index in [1.807, 2.05) is 11.8 Å². The van der Waals surface area contributed by atoms with E-state index in [0.29, 0.717) is 19.0 Å². The zero-order valence-corrected chi connectivity index (χ0v) is 13.0. The zero-order valence-electron chi connectivity index (χ0n) is 13.0. The van der Waals surface area contributed by atoms with Gasteiger partial charge in [-0.15, -0.1) is 6.42 Å². The van der Waals surface area contributed by atoms with Gasteiger partial charge < -0.3 is 10.0 Å². The highest BCUT2D eigenvalue weighted by Crippen LogP contribution is 2.19. The minimum absolute atomic E-state index is 0.210. The van der Waals surface area contributed by atoms with Crippen molar-refractivity contribution >= 4 is 5.91 Å². The van der Waals surface area contributed by atoms with Gasteiger partial charge in [-0.2, -0.15) is 0 Å². The predicted molar refractivity (Wildman–Crippen MR) is 82.7 cm³/mol. The lowest BCUT2D eigenvalue weighted by Gasteiger charge is -2.37. The maximum absolute atomic E-state index is 12.4. The lowest BCUT2D eigenvalue weighted by atomic mass is 9.93. The zero-order chi connectivity index (χ0) is 15.2. The number of likely N-dealkylation sites (tertiary alicyclic amines) is 1. The normalized spacial score (nSPS) is 26.3. The Kier molecular flexibility index (Phi) is 6.04. The van der Waals surface area contributed by atoms with E-state index < -0.39 is 0 Å². The largest absolute Gasteiger partial charge is 0.393 e. The van der Waals surface area contributed by atoms with Gasteiger partial charge in [0.1, 0.15) is 0 Å². The smallest absolute Gasteiger partial charge is 0.236 e. The molecule has 0 aromatic rings. The van der Waals surface area contributed by atoms with Gasteiger partial charge in [-0.3, -0.25) is 14.6 Å². The van der Waals surface area contributed by atoms with Crippen molar-refractivity contribution in [3.05, 3.63) is 0 Å². The number of amides is 1. The van der Waals surface area contributed by atoms with Gasteiger partial charge in [0.25, 0.3) is 0 Å². The third-order valence-electron chi connectivity index (χ3n) is 4.62. The van der Waals surface area contributed by atoms with Crippen LogP contribution in [-0.2, 0) is 4.79 Å². The summed E-state index contributed by atoms with van der Waals surface area (Å²) in [4.78, 5) is 18.7. The molecule has 5 heteroatoms. The molecule has 1 amide bonds. The summed E-state index contributed by atoms with van der Waals surface area (Å²) in [5, 5.41) is 9.71. The Balaban J connectivity index is 1.76. The van der Waals surface area contributed by atoms with Crippen LogP contribution in [0, 0.1) is 18.3 Å². The van der Waals surface area contributed by atoms with Gasteiger partial charge in [-0.1, -0.05) is 5.92 Å². The summed E-state index contributed by atoms with van der Waals surface area (Å²) in [6, 6.07) is 0. The molecule has 0 spiro atoms. The lowest BCUT2D eigenvalue weighted by molar-refractivity contribution is -0.134. The molecule has 0 aromatic heterocycles. The van der Waals surface area contributed by atoms with Crippen LogP contribution in [0.3, 0.4) is 0 Å². The number of hydrogen-bond donors (Lipinski definition) is 1. The van der Waals surface area contributed by atoms with Crippen molar-refractivity contribution < 1.29 is 9.90 Å². The monoisotopic (exact) mass is 293 g/mol. The maximum atomic E-state index is 12.4. The molecule has 2 fully saturated rings. The Morgan fingerprint density at radius 1 is 1.29 bits per heavy atom. The van der Waals surface area contributed by atoms with Crippen molar-refractivity contribution in [2.45, 2.75) is 25.9 Å². The van der Waals surface area contributed by atoms with Crippen molar-refractivity contribution in [2.24, 2.45) is 5.92 Å². The minimum Gasteiger partial charge on any atom is -0.393 e. The van der Waals surface area contributed by atoms with E-state index in [1.165, 1.54) is 0 Å². The predicted octanol–water partition coefficient (Wildman–Crippen LogP) is -0.143. The number of aliphatic hydroxyl groups is 1. The Hall–Kier alpha value is -1.09. The fourth-order valence-corrected chi connectivity index (χ4v) is 3.20. The van der Waals surface area contributed by atoms with Crippen LogP contribution in [0.15, 0.2) is 0 Å². The second kappa shape index (κ2) is 7.79. The number of piperazine rings is 1. The van der Waals surface area contributed by atoms with Gasteiger partial charge in [-0.25, -0.2) is 0 Å². The topological polar surface area (TPSA) is 47.0 Å². The Morgan fingerprint density at radius 3 is 2.62 bits per heavy atom. The second-order valence-corrected chi connectivity index (χ2v) is 6.24. The molecule has 1 N–H and O–H groups in total. The first-order chi connectivity index (χ1) is 10.1. The van der Waals surface area contributed by atoms with Gasteiger partial charge in [-0.05, 0) is 32.2 Å². The first-order valence-electron chi connectivity index (χ1n) is 7.94. The third-order valence-corrected chi connectivity index (χ3v) is 4.62. The van der Waals surface area contributed by atoms with E-state index in [0.717, 1.165) is 52.1 Å². The Bertz CT molecular complexity index is 383. The molecule has 0 radical (unpaired) electrons. The molecule has 2 rings (SSSR count). The third kappa shape index (κ3) is 4.70. The number of aliphatic hydroxyl groups excluding tert-OH is 1. The van der Waals surface area contributed by atoms with E-state index in [4.69, 9.17) is 6.42 Å². The fraction of sp³-hybridized carbons (Fsp3) is 0.812. The fourth-order valence-electron chi connectivity index (χ4n) is 3.20. The van der Waals surface area contributed by atoms with Crippen LogP contribution in [0.2, 0.25) is 0 Å². The van der Waals surface area contributed by atoms with Gasteiger partial charge in [0, 0.05) is 32.7 Å². The molecule has 21 heavy (non-hydrogen) atoms. The summed E-state index contributed by atoms with van der Waals surface area (Å²) in [7, 11) is 0. The maximum Gasteiger partial charge on any atom is 0.236 e. The molecule has 2 unspecified atom stereocenters. The molecule has 2 atom stereocenters. The van der Waals surface area contributed by atoms with Crippen LogP contribution in [0.25, 0.3) is 0 Å². The van der Waals surface area contributed by atoms with Gasteiger partial charge >= 0.3 is 0 Å². The minimum atomic E-state index is -0.282. The van der Waals surface area contributed by atoms with E-state index >= 15 is 0 Å². The molecule has 2 saturated heterocycles. The standard InChI is InChI=1S/C16H27N3O2/c1-3-6-17-8-10-19(11-9-17)16(21)13-18-7-4-5-15(12-18)14(2)20/h1,14-15,20H,4-13H2,2H3. The van der Waals surface area contributed by atoms with Crippen molar-refractivity contribution in [3.63, 3.8) is 0 Å². The molecule has 2 aliphatic heterocycles. The van der Waals surface area contributed by atoms with E-state index in [2.05, 4.69) is 15.7 Å². The Labute approximate surface area is 127 Å². The molecule has 0 saturated carbocycles. The van der Waals surface area contributed by atoms with Gasteiger partial charge in [0.15, 0.2) is 0 Å². The number of hydrogen-bond acceptors (Lipinski definition) is 4. The summed E-state index contributed by atoms with van der Waals surface area (Å²) in [6.07, 6.45) is 7.16. The van der Waals surface area contributed by atoms with Crippen molar-refractivity contribution in [3.8, 4) is 12.3 Å². The van der Waals surface area contributed by atoms with Crippen molar-refractivity contribution in [2.75, 3.05) is 52.4 Å².